The van der Waals surface area contributed by atoms with Crippen LogP contribution in [0.25, 0.3) is 6.08 Å². The fourth-order valence-electron chi connectivity index (χ4n) is 3.67. The highest BCUT2D eigenvalue weighted by atomic mass is 32.2. The summed E-state index contributed by atoms with van der Waals surface area (Å²) in [5, 5.41) is 11.6. The SMILES string of the molecule is CCN1C(=O)/C(=C/c2cc(C(C)(C)C)c(O)c(C(C)(C)C)c2)SC1=Nc1ccc(OC)cc1. The number of aliphatic imine (C=N–C) groups is 1. The Hall–Kier alpha value is -2.73. The van der Waals surface area contributed by atoms with Crippen LogP contribution in [0.5, 0.6) is 11.5 Å². The average Bonchev–Trinajstić information content (AvgIpc) is 3.02. The van der Waals surface area contributed by atoms with Gasteiger partial charge in [-0.15, -0.1) is 0 Å². The van der Waals surface area contributed by atoms with Crippen LogP contribution in [0.2, 0.25) is 0 Å². The minimum absolute atomic E-state index is 0.0579. The Balaban J connectivity index is 2.05. The normalized spacial score (nSPS) is 17.3. The number of amides is 1. The largest absolute Gasteiger partial charge is 0.507 e. The number of benzene rings is 2. The molecule has 1 heterocycles. The van der Waals surface area contributed by atoms with Gasteiger partial charge in [-0.2, -0.15) is 0 Å². The number of carbonyl (C=O) groups is 1. The lowest BCUT2D eigenvalue weighted by molar-refractivity contribution is -0.122. The standard InChI is InChI=1S/C27H34N2O3S/c1-9-29-24(31)22(33-25(29)28-18-10-12-19(32-8)13-11-18)16-17-14-20(26(2,3)4)23(30)21(15-17)27(5,6)7/h10-16,30H,9H2,1-8H3/b22-16-,28-25?. The number of aromatic hydroxyl groups is 1. The van der Waals surface area contributed by atoms with Gasteiger partial charge in [0.15, 0.2) is 5.17 Å². The van der Waals surface area contributed by atoms with Gasteiger partial charge < -0.3 is 9.84 Å². The van der Waals surface area contributed by atoms with Gasteiger partial charge in [0, 0.05) is 17.7 Å². The molecule has 0 unspecified atom stereocenters. The van der Waals surface area contributed by atoms with E-state index in [0.717, 1.165) is 28.1 Å². The van der Waals surface area contributed by atoms with Gasteiger partial charge in [-0.25, -0.2) is 4.99 Å². The Kier molecular flexibility index (Phi) is 6.99. The molecule has 3 rings (SSSR count). The van der Waals surface area contributed by atoms with Crippen LogP contribution in [0.4, 0.5) is 5.69 Å². The van der Waals surface area contributed by atoms with Crippen molar-refractivity contribution < 1.29 is 14.6 Å². The number of thioether (sulfide) groups is 1. The first-order chi connectivity index (χ1) is 15.3. The van der Waals surface area contributed by atoms with Crippen LogP contribution in [0.15, 0.2) is 46.3 Å². The molecule has 2 aromatic rings. The molecule has 0 bridgehead atoms. The summed E-state index contributed by atoms with van der Waals surface area (Å²) in [6.45, 7) is 15.0. The third-order valence-electron chi connectivity index (χ3n) is 5.55. The highest BCUT2D eigenvalue weighted by molar-refractivity contribution is 8.18. The molecule has 1 amide bonds. The van der Waals surface area contributed by atoms with Crippen molar-refractivity contribution in [1.82, 2.24) is 4.90 Å². The van der Waals surface area contributed by atoms with E-state index in [1.807, 2.05) is 49.4 Å². The number of carbonyl (C=O) groups excluding carboxylic acids is 1. The van der Waals surface area contributed by atoms with Gasteiger partial charge in [-0.05, 0) is 77.6 Å². The first kappa shape index (κ1) is 24.9. The van der Waals surface area contributed by atoms with Crippen molar-refractivity contribution in [2.24, 2.45) is 4.99 Å². The first-order valence-electron chi connectivity index (χ1n) is 11.2. The summed E-state index contributed by atoms with van der Waals surface area (Å²) in [6, 6.07) is 11.4. The van der Waals surface area contributed by atoms with Crippen LogP contribution >= 0.6 is 11.8 Å². The van der Waals surface area contributed by atoms with Gasteiger partial charge >= 0.3 is 0 Å². The van der Waals surface area contributed by atoms with Crippen LogP contribution in [-0.2, 0) is 15.6 Å². The Morgan fingerprint density at radius 2 is 1.58 bits per heavy atom. The molecule has 1 aliphatic heterocycles. The molecule has 0 radical (unpaired) electrons. The van der Waals surface area contributed by atoms with E-state index in [-0.39, 0.29) is 16.7 Å². The Bertz CT molecular complexity index is 1070. The van der Waals surface area contributed by atoms with Crippen molar-refractivity contribution in [3.05, 3.63) is 58.0 Å². The fraction of sp³-hybridized carbons (Fsp3) is 0.407. The number of hydrogen-bond acceptors (Lipinski definition) is 5. The molecule has 176 valence electrons. The van der Waals surface area contributed by atoms with Crippen LogP contribution in [0.3, 0.4) is 0 Å². The smallest absolute Gasteiger partial charge is 0.266 e. The molecule has 0 saturated carbocycles. The van der Waals surface area contributed by atoms with Crippen molar-refractivity contribution in [3.63, 3.8) is 0 Å². The fourth-order valence-corrected chi connectivity index (χ4v) is 4.73. The average molecular weight is 467 g/mol. The summed E-state index contributed by atoms with van der Waals surface area (Å²) >= 11 is 1.38. The van der Waals surface area contributed by atoms with Gasteiger partial charge in [0.25, 0.3) is 5.91 Å². The quantitative estimate of drug-likeness (QED) is 0.514. The summed E-state index contributed by atoms with van der Waals surface area (Å²) in [6.07, 6.45) is 1.91. The Morgan fingerprint density at radius 3 is 2.03 bits per heavy atom. The number of methoxy groups -OCH3 is 1. The molecule has 33 heavy (non-hydrogen) atoms. The van der Waals surface area contributed by atoms with Crippen LogP contribution < -0.4 is 4.74 Å². The van der Waals surface area contributed by atoms with Gasteiger partial charge in [0.2, 0.25) is 0 Å². The van der Waals surface area contributed by atoms with Gasteiger partial charge in [-0.1, -0.05) is 41.5 Å². The summed E-state index contributed by atoms with van der Waals surface area (Å²) < 4.78 is 5.21. The highest BCUT2D eigenvalue weighted by Crippen LogP contribution is 2.41. The predicted octanol–water partition coefficient (Wildman–Crippen LogP) is 6.62. The van der Waals surface area contributed by atoms with E-state index in [0.29, 0.717) is 22.4 Å². The molecule has 1 N–H and O–H groups in total. The molecule has 0 spiro atoms. The van der Waals surface area contributed by atoms with Crippen LogP contribution in [0, 0.1) is 0 Å². The topological polar surface area (TPSA) is 62.1 Å². The third-order valence-corrected chi connectivity index (χ3v) is 6.55. The molecular weight excluding hydrogens is 432 g/mol. The maximum atomic E-state index is 13.2. The number of ether oxygens (including phenoxy) is 1. The lowest BCUT2D eigenvalue weighted by atomic mass is 9.78. The van der Waals surface area contributed by atoms with E-state index in [1.54, 1.807) is 12.0 Å². The van der Waals surface area contributed by atoms with E-state index in [2.05, 4.69) is 41.5 Å². The molecule has 1 aliphatic rings. The van der Waals surface area contributed by atoms with E-state index < -0.39 is 0 Å². The van der Waals surface area contributed by atoms with Gasteiger partial charge in [0.1, 0.15) is 11.5 Å². The molecule has 0 atom stereocenters. The Labute approximate surface area is 201 Å². The Morgan fingerprint density at radius 1 is 1.03 bits per heavy atom. The summed E-state index contributed by atoms with van der Waals surface area (Å²) in [5.74, 6) is 1.04. The minimum Gasteiger partial charge on any atom is -0.507 e. The van der Waals surface area contributed by atoms with Crippen LogP contribution in [0.1, 0.15) is 65.2 Å². The zero-order valence-electron chi connectivity index (χ0n) is 20.8. The van der Waals surface area contributed by atoms with E-state index in [4.69, 9.17) is 9.73 Å². The highest BCUT2D eigenvalue weighted by Gasteiger charge is 2.33. The van der Waals surface area contributed by atoms with Crippen LogP contribution in [-0.4, -0.2) is 34.7 Å². The maximum absolute atomic E-state index is 13.2. The zero-order chi connectivity index (χ0) is 24.6. The molecule has 5 nitrogen and oxygen atoms in total. The monoisotopic (exact) mass is 466 g/mol. The van der Waals surface area contributed by atoms with Crippen molar-refractivity contribution in [1.29, 1.82) is 0 Å². The zero-order valence-corrected chi connectivity index (χ0v) is 21.6. The summed E-state index contributed by atoms with van der Waals surface area (Å²) in [5.41, 5.74) is 2.94. The number of phenols is 1. The first-order valence-corrected chi connectivity index (χ1v) is 12.0. The van der Waals surface area contributed by atoms with Gasteiger partial charge in [0.05, 0.1) is 17.7 Å². The lowest BCUT2D eigenvalue weighted by Gasteiger charge is -2.28. The number of hydrogen-bond donors (Lipinski definition) is 1. The molecule has 1 saturated heterocycles. The van der Waals surface area contributed by atoms with E-state index >= 15 is 0 Å². The van der Waals surface area contributed by atoms with Gasteiger partial charge in [-0.3, -0.25) is 9.69 Å². The van der Waals surface area contributed by atoms with E-state index in [9.17, 15) is 9.90 Å². The second-order valence-corrected chi connectivity index (χ2v) is 11.2. The second-order valence-electron chi connectivity index (χ2n) is 10.2. The molecule has 1 fully saturated rings. The van der Waals surface area contributed by atoms with Crippen molar-refractivity contribution in [2.45, 2.75) is 59.3 Å². The van der Waals surface area contributed by atoms with Crippen molar-refractivity contribution in [2.75, 3.05) is 13.7 Å². The molecular formula is C27H34N2O3S. The number of likely N-dealkylation sites (N-methyl/N-ethyl adjacent to an activating group) is 1. The lowest BCUT2D eigenvalue weighted by Crippen LogP contribution is -2.28. The third kappa shape index (κ3) is 5.44. The number of rotatable bonds is 4. The number of amidine groups is 1. The summed E-state index contributed by atoms with van der Waals surface area (Å²) in [4.78, 5) is 20.2. The maximum Gasteiger partial charge on any atom is 0.266 e. The summed E-state index contributed by atoms with van der Waals surface area (Å²) in [7, 11) is 1.63. The second kappa shape index (κ2) is 9.26. The van der Waals surface area contributed by atoms with E-state index in [1.165, 1.54) is 11.8 Å². The predicted molar refractivity (Wildman–Crippen MR) is 139 cm³/mol. The number of phenolic OH excluding ortho intramolecular Hbond substituents is 1. The van der Waals surface area contributed by atoms with Crippen molar-refractivity contribution in [3.8, 4) is 11.5 Å². The minimum atomic E-state index is -0.234. The molecule has 6 heteroatoms. The molecule has 0 aliphatic carbocycles. The number of nitrogens with zero attached hydrogens (tertiary/aromatic N) is 2. The molecule has 2 aromatic carbocycles. The van der Waals surface area contributed by atoms with Crippen molar-refractivity contribution >= 4 is 34.6 Å². The molecule has 0 aromatic heterocycles.